The number of aromatic hydroxyl groups is 1. The van der Waals surface area contributed by atoms with Gasteiger partial charge in [0.2, 0.25) is 0 Å². The van der Waals surface area contributed by atoms with Crippen LogP contribution in [0.4, 0.5) is 0 Å². The third-order valence-corrected chi connectivity index (χ3v) is 4.09. The molecule has 0 bridgehead atoms. The van der Waals surface area contributed by atoms with E-state index in [0.717, 1.165) is 28.5 Å². The van der Waals surface area contributed by atoms with Crippen LogP contribution >= 0.6 is 0 Å². The number of aryl methyl sites for hydroxylation is 1. The zero-order valence-electron chi connectivity index (χ0n) is 15.9. The Morgan fingerprint density at radius 2 is 1.70 bits per heavy atom. The maximum absolute atomic E-state index is 11.0. The number of likely N-dealkylation sites (N-methyl/N-ethyl adjacent to an activating group) is 1. The molecule has 6 heteroatoms. The number of benzene rings is 2. The average Bonchev–Trinajstić information content (AvgIpc) is 2.55. The number of aliphatic hydroxyl groups excluding tert-OH is 1. The summed E-state index contributed by atoms with van der Waals surface area (Å²) in [6.45, 7) is 3.85. The molecular weight excluding hydrogens is 366 g/mol. The summed E-state index contributed by atoms with van der Waals surface area (Å²) < 4.78 is 5.74. The number of hydrogen-bond acceptors (Lipinski definition) is 4. The van der Waals surface area contributed by atoms with Crippen LogP contribution in [0.2, 0.25) is 0 Å². The second-order valence-electron chi connectivity index (χ2n) is 6.96. The van der Waals surface area contributed by atoms with Gasteiger partial charge < -0.3 is 31.5 Å². The number of hydrogen-bond donors (Lipinski definition) is 2. The number of phenolic OH excluding ortho intramolecular Hbond substituents is 1. The average molecular weight is 392 g/mol. The van der Waals surface area contributed by atoms with Crippen molar-refractivity contribution in [3.8, 4) is 5.75 Å². The summed E-state index contributed by atoms with van der Waals surface area (Å²) in [5, 5.41) is 18.9. The standard InChI is InChI=1S/C11H18NO.C10H8O3.ClH/c1-12(2,8-9-13)10-11-6-4-3-5-7-11;1-6-4-10(12)13-9-5-7(11)2-3-8(6)9;/h3-7,13H,8-10H2,1-2H3;2-5,11H,1H3;1H/q+1;;/p-1. The Bertz CT molecular complexity index is 907. The van der Waals surface area contributed by atoms with E-state index in [4.69, 9.17) is 14.6 Å². The molecule has 5 nitrogen and oxygen atoms in total. The summed E-state index contributed by atoms with van der Waals surface area (Å²) in [4.78, 5) is 11.0. The molecule has 146 valence electrons. The lowest BCUT2D eigenvalue weighted by atomic mass is 10.1. The van der Waals surface area contributed by atoms with Crippen LogP contribution < -0.4 is 18.0 Å². The highest BCUT2D eigenvalue weighted by Gasteiger charge is 2.14. The van der Waals surface area contributed by atoms with Crippen molar-refractivity contribution in [3.05, 3.63) is 76.1 Å². The minimum atomic E-state index is -0.393. The lowest BCUT2D eigenvalue weighted by Gasteiger charge is -2.28. The summed E-state index contributed by atoms with van der Waals surface area (Å²) >= 11 is 0. The monoisotopic (exact) mass is 391 g/mol. The quantitative estimate of drug-likeness (QED) is 0.487. The minimum absolute atomic E-state index is 0. The summed E-state index contributed by atoms with van der Waals surface area (Å²) in [6, 6.07) is 16.5. The number of quaternary nitrogens is 1. The molecule has 0 unspecified atom stereocenters. The molecule has 0 aliphatic rings. The molecule has 0 fully saturated rings. The van der Waals surface area contributed by atoms with Crippen LogP contribution in [0.25, 0.3) is 11.0 Å². The van der Waals surface area contributed by atoms with Crippen LogP contribution in [0, 0.1) is 6.92 Å². The molecule has 0 radical (unpaired) electrons. The van der Waals surface area contributed by atoms with Crippen LogP contribution in [0.15, 0.2) is 63.8 Å². The van der Waals surface area contributed by atoms with E-state index in [9.17, 15) is 4.79 Å². The highest BCUT2D eigenvalue weighted by molar-refractivity contribution is 5.81. The second-order valence-corrected chi connectivity index (χ2v) is 6.96. The molecule has 0 aliphatic carbocycles. The van der Waals surface area contributed by atoms with E-state index in [2.05, 4.69) is 26.2 Å². The Labute approximate surface area is 165 Å². The summed E-state index contributed by atoms with van der Waals surface area (Å²) in [5.74, 6) is 0.0984. The Balaban J connectivity index is 0.000000260. The van der Waals surface area contributed by atoms with Crippen LogP contribution in [0.5, 0.6) is 5.75 Å². The van der Waals surface area contributed by atoms with Gasteiger partial charge in [0.25, 0.3) is 0 Å². The third kappa shape index (κ3) is 7.06. The normalized spacial score (nSPS) is 10.7. The first-order valence-electron chi connectivity index (χ1n) is 8.51. The van der Waals surface area contributed by atoms with Crippen molar-refractivity contribution in [2.24, 2.45) is 0 Å². The van der Waals surface area contributed by atoms with Gasteiger partial charge in [-0.3, -0.25) is 0 Å². The third-order valence-electron chi connectivity index (χ3n) is 4.09. The lowest BCUT2D eigenvalue weighted by Crippen LogP contribution is -3.00. The highest BCUT2D eigenvalue weighted by Crippen LogP contribution is 2.20. The molecule has 0 amide bonds. The van der Waals surface area contributed by atoms with Crippen LogP contribution in [-0.2, 0) is 6.54 Å². The number of nitrogens with zero attached hydrogens (tertiary/aromatic N) is 1. The van der Waals surface area contributed by atoms with E-state index in [0.29, 0.717) is 5.58 Å². The van der Waals surface area contributed by atoms with Gasteiger partial charge in [-0.15, -0.1) is 0 Å². The number of fused-ring (bicyclic) bond motifs is 1. The molecule has 27 heavy (non-hydrogen) atoms. The molecule has 0 spiro atoms. The fourth-order valence-corrected chi connectivity index (χ4v) is 2.74. The summed E-state index contributed by atoms with van der Waals surface area (Å²) in [6.07, 6.45) is 0. The molecule has 0 aliphatic heterocycles. The predicted octanol–water partition coefficient (Wildman–Crippen LogP) is 0.0663. The molecule has 0 atom stereocenters. The maximum atomic E-state index is 11.0. The zero-order chi connectivity index (χ0) is 19.2. The van der Waals surface area contributed by atoms with Crippen molar-refractivity contribution in [1.82, 2.24) is 0 Å². The molecule has 3 aromatic rings. The fourth-order valence-electron chi connectivity index (χ4n) is 2.74. The van der Waals surface area contributed by atoms with Crippen LogP contribution in [0.1, 0.15) is 11.1 Å². The molecule has 1 heterocycles. The van der Waals surface area contributed by atoms with Gasteiger partial charge in [-0.1, -0.05) is 30.3 Å². The maximum Gasteiger partial charge on any atom is 0.336 e. The van der Waals surface area contributed by atoms with Gasteiger partial charge in [0, 0.05) is 23.1 Å². The highest BCUT2D eigenvalue weighted by atomic mass is 35.5. The van der Waals surface area contributed by atoms with Gasteiger partial charge >= 0.3 is 5.63 Å². The summed E-state index contributed by atoms with van der Waals surface area (Å²) in [5.41, 5.74) is 2.20. The Morgan fingerprint density at radius 1 is 1.04 bits per heavy atom. The minimum Gasteiger partial charge on any atom is -1.00 e. The summed E-state index contributed by atoms with van der Waals surface area (Å²) in [7, 11) is 4.26. The van der Waals surface area contributed by atoms with Crippen molar-refractivity contribution in [3.63, 3.8) is 0 Å². The predicted molar refractivity (Wildman–Crippen MR) is 103 cm³/mol. The van der Waals surface area contributed by atoms with Crippen LogP contribution in [-0.4, -0.2) is 41.9 Å². The van der Waals surface area contributed by atoms with Gasteiger partial charge in [-0.05, 0) is 24.6 Å². The van der Waals surface area contributed by atoms with Crippen LogP contribution in [0.3, 0.4) is 0 Å². The first-order valence-corrected chi connectivity index (χ1v) is 8.51. The van der Waals surface area contributed by atoms with E-state index < -0.39 is 5.63 Å². The zero-order valence-corrected chi connectivity index (χ0v) is 16.6. The van der Waals surface area contributed by atoms with Crippen molar-refractivity contribution < 1.29 is 31.5 Å². The number of rotatable bonds is 4. The van der Waals surface area contributed by atoms with E-state index in [1.165, 1.54) is 17.7 Å². The van der Waals surface area contributed by atoms with Crippen molar-refractivity contribution >= 4 is 11.0 Å². The molecule has 2 aromatic carbocycles. The smallest absolute Gasteiger partial charge is 0.336 e. The molecular formula is C21H26ClNO4. The first-order chi connectivity index (χ1) is 12.3. The Kier molecular flexibility index (Phi) is 8.50. The van der Waals surface area contributed by atoms with Gasteiger partial charge in [0.1, 0.15) is 24.4 Å². The molecule has 3 rings (SSSR count). The number of phenols is 1. The Morgan fingerprint density at radius 3 is 2.33 bits per heavy atom. The van der Waals surface area contributed by atoms with Gasteiger partial charge in [-0.2, -0.15) is 0 Å². The second kappa shape index (κ2) is 10.1. The Hall–Kier alpha value is -2.34. The molecule has 1 aromatic heterocycles. The molecule has 0 saturated heterocycles. The number of halogens is 1. The van der Waals surface area contributed by atoms with Gasteiger partial charge in [0.05, 0.1) is 20.7 Å². The van der Waals surface area contributed by atoms with Gasteiger partial charge in [0.15, 0.2) is 0 Å². The first kappa shape index (κ1) is 22.7. The van der Waals surface area contributed by atoms with E-state index in [1.54, 1.807) is 12.1 Å². The number of aliphatic hydroxyl groups is 1. The van der Waals surface area contributed by atoms with Crippen molar-refractivity contribution in [1.29, 1.82) is 0 Å². The van der Waals surface area contributed by atoms with Crippen molar-refractivity contribution in [2.75, 3.05) is 27.2 Å². The topological polar surface area (TPSA) is 70.7 Å². The largest absolute Gasteiger partial charge is 1.00 e. The molecule has 2 N–H and O–H groups in total. The van der Waals surface area contributed by atoms with Gasteiger partial charge in [-0.25, -0.2) is 4.79 Å². The van der Waals surface area contributed by atoms with E-state index in [1.807, 2.05) is 25.1 Å². The van der Waals surface area contributed by atoms with E-state index >= 15 is 0 Å². The SMILES string of the molecule is C[N+](C)(CCO)Cc1ccccc1.Cc1cc(=O)oc2cc(O)ccc12.[Cl-]. The van der Waals surface area contributed by atoms with Crippen molar-refractivity contribution in [2.45, 2.75) is 13.5 Å². The van der Waals surface area contributed by atoms with E-state index in [-0.39, 0.29) is 24.8 Å². The lowest BCUT2D eigenvalue weighted by molar-refractivity contribution is -0.903. The molecule has 0 saturated carbocycles. The fraction of sp³-hybridized carbons (Fsp3) is 0.286.